The molecule has 28 heavy (non-hydrogen) atoms. The van der Waals surface area contributed by atoms with Crippen LogP contribution in [0.5, 0.6) is 11.5 Å². The highest BCUT2D eigenvalue weighted by Gasteiger charge is 2.15. The number of carbonyl (C=O) groups is 2. The van der Waals surface area contributed by atoms with Gasteiger partial charge < -0.3 is 18.8 Å². The van der Waals surface area contributed by atoms with Crippen LogP contribution in [0.1, 0.15) is 34.4 Å². The largest absolute Gasteiger partial charge is 0.490 e. The fraction of sp³-hybridized carbons (Fsp3) is 0.333. The van der Waals surface area contributed by atoms with Gasteiger partial charge in [0.25, 0.3) is 5.91 Å². The van der Waals surface area contributed by atoms with Crippen LogP contribution in [0.4, 0.5) is 0 Å². The molecule has 0 spiro atoms. The average Bonchev–Trinajstić information content (AvgIpc) is 2.97. The van der Waals surface area contributed by atoms with E-state index in [2.05, 4.69) is 0 Å². The van der Waals surface area contributed by atoms with Gasteiger partial charge in [-0.25, -0.2) is 0 Å². The first-order valence-corrected chi connectivity index (χ1v) is 9.19. The SMILES string of the molecule is CCOc1cc(/C=C/C(=O)c2cc(C)oc2C)cc(Cl)c1OCC(=O)N(C)C. The Bertz CT molecular complexity index is 898. The van der Waals surface area contributed by atoms with Crippen LogP contribution in [0.25, 0.3) is 6.08 Å². The first-order chi connectivity index (χ1) is 13.2. The molecule has 1 heterocycles. The number of ketones is 1. The molecular weight excluding hydrogens is 382 g/mol. The number of benzene rings is 1. The highest BCUT2D eigenvalue weighted by atomic mass is 35.5. The molecule has 150 valence electrons. The first kappa shape index (κ1) is 21.6. The van der Waals surface area contributed by atoms with Gasteiger partial charge in [0.1, 0.15) is 11.5 Å². The van der Waals surface area contributed by atoms with E-state index in [4.69, 9.17) is 25.5 Å². The Morgan fingerprint density at radius 1 is 1.18 bits per heavy atom. The van der Waals surface area contributed by atoms with Gasteiger partial charge in [-0.05, 0) is 50.6 Å². The molecule has 0 aliphatic heterocycles. The maximum Gasteiger partial charge on any atom is 0.259 e. The minimum atomic E-state index is -0.196. The summed E-state index contributed by atoms with van der Waals surface area (Å²) < 4.78 is 16.6. The molecule has 1 aromatic heterocycles. The van der Waals surface area contributed by atoms with E-state index in [0.717, 1.165) is 0 Å². The van der Waals surface area contributed by atoms with Gasteiger partial charge in [-0.15, -0.1) is 0 Å². The Kier molecular flexibility index (Phi) is 7.29. The fourth-order valence-corrected chi connectivity index (χ4v) is 2.76. The lowest BCUT2D eigenvalue weighted by Gasteiger charge is -2.16. The number of rotatable bonds is 8. The number of likely N-dealkylation sites (N-methyl/N-ethyl adjacent to an activating group) is 1. The highest BCUT2D eigenvalue weighted by molar-refractivity contribution is 6.32. The van der Waals surface area contributed by atoms with Gasteiger partial charge in [0, 0.05) is 14.1 Å². The fourth-order valence-electron chi connectivity index (χ4n) is 2.49. The summed E-state index contributed by atoms with van der Waals surface area (Å²) in [6, 6.07) is 5.07. The Balaban J connectivity index is 2.24. The zero-order chi connectivity index (χ0) is 20.8. The van der Waals surface area contributed by atoms with Crippen LogP contribution in [0, 0.1) is 13.8 Å². The molecule has 0 saturated carbocycles. The predicted molar refractivity (Wildman–Crippen MR) is 108 cm³/mol. The first-order valence-electron chi connectivity index (χ1n) is 8.81. The smallest absolute Gasteiger partial charge is 0.259 e. The van der Waals surface area contributed by atoms with Crippen molar-refractivity contribution in [1.82, 2.24) is 4.90 Å². The van der Waals surface area contributed by atoms with Crippen molar-refractivity contribution in [1.29, 1.82) is 0 Å². The highest BCUT2D eigenvalue weighted by Crippen LogP contribution is 2.37. The summed E-state index contributed by atoms with van der Waals surface area (Å²) >= 11 is 6.33. The molecule has 0 saturated heterocycles. The van der Waals surface area contributed by atoms with Crippen molar-refractivity contribution in [2.24, 2.45) is 0 Å². The third kappa shape index (κ3) is 5.39. The van der Waals surface area contributed by atoms with E-state index >= 15 is 0 Å². The minimum absolute atomic E-state index is 0.153. The summed E-state index contributed by atoms with van der Waals surface area (Å²) in [7, 11) is 3.29. The van der Waals surface area contributed by atoms with Crippen molar-refractivity contribution in [3.05, 3.63) is 51.9 Å². The number of allylic oxidation sites excluding steroid dienone is 1. The van der Waals surface area contributed by atoms with Crippen molar-refractivity contribution in [2.45, 2.75) is 20.8 Å². The number of hydrogen-bond acceptors (Lipinski definition) is 5. The molecule has 0 fully saturated rings. The number of halogens is 1. The van der Waals surface area contributed by atoms with Gasteiger partial charge in [-0.2, -0.15) is 0 Å². The average molecular weight is 406 g/mol. The van der Waals surface area contributed by atoms with Gasteiger partial charge in [-0.1, -0.05) is 17.7 Å². The van der Waals surface area contributed by atoms with E-state index in [-0.39, 0.29) is 18.3 Å². The number of carbonyl (C=O) groups excluding carboxylic acids is 2. The summed E-state index contributed by atoms with van der Waals surface area (Å²) in [6.07, 6.45) is 3.10. The third-order valence-corrected chi connectivity index (χ3v) is 4.18. The van der Waals surface area contributed by atoms with Crippen molar-refractivity contribution in [3.63, 3.8) is 0 Å². The van der Waals surface area contributed by atoms with Crippen LogP contribution >= 0.6 is 11.6 Å². The second-order valence-electron chi connectivity index (χ2n) is 6.36. The van der Waals surface area contributed by atoms with Gasteiger partial charge >= 0.3 is 0 Å². The minimum Gasteiger partial charge on any atom is -0.490 e. The Hall–Kier alpha value is -2.73. The van der Waals surface area contributed by atoms with Crippen molar-refractivity contribution >= 4 is 29.4 Å². The van der Waals surface area contributed by atoms with Crippen LogP contribution in [0.3, 0.4) is 0 Å². The lowest BCUT2D eigenvalue weighted by molar-refractivity contribution is -0.130. The Morgan fingerprint density at radius 3 is 2.46 bits per heavy atom. The molecule has 6 nitrogen and oxygen atoms in total. The van der Waals surface area contributed by atoms with E-state index in [1.807, 2.05) is 6.92 Å². The molecule has 0 atom stereocenters. The van der Waals surface area contributed by atoms with Crippen LogP contribution in [0.15, 0.2) is 28.7 Å². The molecule has 0 bridgehead atoms. The summed E-state index contributed by atoms with van der Waals surface area (Å²) in [5.74, 6) is 1.60. The van der Waals surface area contributed by atoms with Crippen molar-refractivity contribution in [2.75, 3.05) is 27.3 Å². The lowest BCUT2D eigenvalue weighted by Crippen LogP contribution is -2.27. The van der Waals surface area contributed by atoms with Crippen LogP contribution in [0.2, 0.25) is 5.02 Å². The number of amides is 1. The molecule has 0 unspecified atom stereocenters. The summed E-state index contributed by atoms with van der Waals surface area (Å²) in [5, 5.41) is 0.292. The van der Waals surface area contributed by atoms with Crippen LogP contribution < -0.4 is 9.47 Å². The topological polar surface area (TPSA) is 69.0 Å². The number of aryl methyl sites for hydroxylation is 2. The van der Waals surface area contributed by atoms with E-state index in [0.29, 0.717) is 45.8 Å². The zero-order valence-electron chi connectivity index (χ0n) is 16.7. The number of ether oxygens (including phenoxy) is 2. The molecular formula is C21H24ClNO5. The zero-order valence-corrected chi connectivity index (χ0v) is 17.4. The monoisotopic (exact) mass is 405 g/mol. The molecule has 0 radical (unpaired) electrons. The summed E-state index contributed by atoms with van der Waals surface area (Å²) in [5.41, 5.74) is 1.19. The molecule has 0 aliphatic rings. The number of hydrogen-bond donors (Lipinski definition) is 0. The van der Waals surface area contributed by atoms with Crippen molar-refractivity contribution < 1.29 is 23.5 Å². The molecule has 0 N–H and O–H groups in total. The summed E-state index contributed by atoms with van der Waals surface area (Å²) in [4.78, 5) is 25.6. The summed E-state index contributed by atoms with van der Waals surface area (Å²) in [6.45, 7) is 5.62. The van der Waals surface area contributed by atoms with E-state index in [1.165, 1.54) is 11.0 Å². The lowest BCUT2D eigenvalue weighted by atomic mass is 10.1. The second-order valence-corrected chi connectivity index (χ2v) is 6.77. The maximum atomic E-state index is 12.4. The quantitative estimate of drug-likeness (QED) is 0.483. The molecule has 2 rings (SSSR count). The van der Waals surface area contributed by atoms with Crippen LogP contribution in [-0.4, -0.2) is 43.9 Å². The number of furan rings is 1. The number of nitrogens with zero attached hydrogens (tertiary/aromatic N) is 1. The van der Waals surface area contributed by atoms with E-state index in [1.54, 1.807) is 52.2 Å². The molecule has 1 aromatic carbocycles. The van der Waals surface area contributed by atoms with E-state index < -0.39 is 0 Å². The molecule has 7 heteroatoms. The Labute approximate surface area is 169 Å². The van der Waals surface area contributed by atoms with Gasteiger partial charge in [0.15, 0.2) is 23.9 Å². The van der Waals surface area contributed by atoms with Gasteiger partial charge in [-0.3, -0.25) is 9.59 Å². The maximum absolute atomic E-state index is 12.4. The normalized spacial score (nSPS) is 10.9. The third-order valence-electron chi connectivity index (χ3n) is 3.90. The second kappa shape index (κ2) is 9.46. The predicted octanol–water partition coefficient (Wildman–Crippen LogP) is 4.31. The van der Waals surface area contributed by atoms with Gasteiger partial charge in [0.05, 0.1) is 17.2 Å². The molecule has 0 aliphatic carbocycles. The van der Waals surface area contributed by atoms with Crippen LogP contribution in [-0.2, 0) is 4.79 Å². The van der Waals surface area contributed by atoms with E-state index in [9.17, 15) is 9.59 Å². The Morgan fingerprint density at radius 2 is 1.89 bits per heavy atom. The standard InChI is InChI=1S/C21H24ClNO5/c1-6-26-19-11-15(7-8-18(24)16-9-13(2)28-14(16)3)10-17(22)21(19)27-12-20(25)23(4)5/h7-11H,6,12H2,1-5H3/b8-7+. The molecule has 2 aromatic rings. The van der Waals surface area contributed by atoms with Gasteiger partial charge in [0.2, 0.25) is 0 Å². The van der Waals surface area contributed by atoms with Crippen molar-refractivity contribution in [3.8, 4) is 11.5 Å². The molecule has 1 amide bonds.